The fourth-order valence-corrected chi connectivity index (χ4v) is 4.06. The smallest absolute Gasteiger partial charge is 0.260 e. The molecule has 0 aliphatic heterocycles. The number of anilines is 1. The molecule has 28 heavy (non-hydrogen) atoms. The molecule has 2 aromatic carbocycles. The lowest BCUT2D eigenvalue weighted by Crippen LogP contribution is -2.38. The Morgan fingerprint density at radius 1 is 1.14 bits per heavy atom. The van der Waals surface area contributed by atoms with Gasteiger partial charge < -0.3 is 4.90 Å². The number of likely N-dealkylation sites (N-methyl/N-ethyl adjacent to an activating group) is 1. The molecule has 0 spiro atoms. The van der Waals surface area contributed by atoms with Gasteiger partial charge in [-0.05, 0) is 43.4 Å². The maximum Gasteiger partial charge on any atom is 0.260 e. The van der Waals surface area contributed by atoms with Crippen molar-refractivity contribution in [3.63, 3.8) is 0 Å². The van der Waals surface area contributed by atoms with Crippen molar-refractivity contribution in [1.29, 1.82) is 0 Å². The van der Waals surface area contributed by atoms with Gasteiger partial charge in [-0.2, -0.15) is 0 Å². The molecule has 0 N–H and O–H groups in total. The van der Waals surface area contributed by atoms with E-state index in [9.17, 15) is 9.18 Å². The van der Waals surface area contributed by atoms with E-state index in [1.54, 1.807) is 35.2 Å². The number of hydrogen-bond donors (Lipinski definition) is 0. The first-order valence-electron chi connectivity index (χ1n) is 8.88. The second-order valence-electron chi connectivity index (χ2n) is 6.08. The third-order valence-corrected chi connectivity index (χ3v) is 5.72. The molecule has 0 unspecified atom stereocenters. The summed E-state index contributed by atoms with van der Waals surface area (Å²) in [5.74, 6) is -0.571. The number of carbonyl (C=O) groups is 1. The van der Waals surface area contributed by atoms with E-state index in [4.69, 9.17) is 11.6 Å². The van der Waals surface area contributed by atoms with Crippen LogP contribution in [0.15, 0.2) is 42.5 Å². The molecule has 8 heteroatoms. The van der Waals surface area contributed by atoms with Crippen LogP contribution < -0.4 is 4.90 Å². The van der Waals surface area contributed by atoms with Gasteiger partial charge in [0.1, 0.15) is 11.3 Å². The summed E-state index contributed by atoms with van der Waals surface area (Å²) < 4.78 is 14.8. The molecule has 1 amide bonds. The van der Waals surface area contributed by atoms with Crippen molar-refractivity contribution < 1.29 is 9.18 Å². The van der Waals surface area contributed by atoms with Gasteiger partial charge in [0.15, 0.2) is 5.13 Å². The average Bonchev–Trinajstić information content (AvgIpc) is 3.10. The maximum atomic E-state index is 14.1. The molecule has 0 radical (unpaired) electrons. The van der Waals surface area contributed by atoms with Gasteiger partial charge >= 0.3 is 0 Å². The SMILES string of the molecule is CCN(CC)CCN(C(=O)c1cccc(Cl)c1)c1nc2c(F)cccc2s1.Cl. The highest BCUT2D eigenvalue weighted by Crippen LogP contribution is 2.31. The fraction of sp³-hybridized carbons (Fsp3) is 0.300. The Balaban J connectivity index is 0.00000280. The molecule has 0 bridgehead atoms. The lowest BCUT2D eigenvalue weighted by Gasteiger charge is -2.24. The average molecular weight is 442 g/mol. The van der Waals surface area contributed by atoms with Crippen LogP contribution in [-0.2, 0) is 0 Å². The molecule has 3 rings (SSSR count). The van der Waals surface area contributed by atoms with Crippen molar-refractivity contribution >= 4 is 56.6 Å². The molecule has 4 nitrogen and oxygen atoms in total. The van der Waals surface area contributed by atoms with Crippen molar-refractivity contribution in [2.75, 3.05) is 31.1 Å². The number of benzene rings is 2. The summed E-state index contributed by atoms with van der Waals surface area (Å²) in [6, 6.07) is 11.7. The highest BCUT2D eigenvalue weighted by atomic mass is 35.5. The van der Waals surface area contributed by atoms with Crippen LogP contribution >= 0.6 is 35.3 Å². The number of nitrogens with zero attached hydrogens (tertiary/aromatic N) is 3. The first-order chi connectivity index (χ1) is 13.0. The van der Waals surface area contributed by atoms with Crippen LogP contribution in [0.4, 0.5) is 9.52 Å². The minimum Gasteiger partial charge on any atom is -0.302 e. The Bertz CT molecular complexity index is 946. The summed E-state index contributed by atoms with van der Waals surface area (Å²) in [6.07, 6.45) is 0. The number of para-hydroxylation sites is 1. The molecule has 1 heterocycles. The molecule has 0 fully saturated rings. The number of rotatable bonds is 7. The Morgan fingerprint density at radius 3 is 2.50 bits per heavy atom. The van der Waals surface area contributed by atoms with Gasteiger partial charge in [-0.25, -0.2) is 9.37 Å². The van der Waals surface area contributed by atoms with Crippen LogP contribution in [0.2, 0.25) is 5.02 Å². The van der Waals surface area contributed by atoms with E-state index in [0.29, 0.717) is 34.3 Å². The van der Waals surface area contributed by atoms with Crippen LogP contribution in [0.1, 0.15) is 24.2 Å². The number of hydrogen-bond acceptors (Lipinski definition) is 4. The fourth-order valence-electron chi connectivity index (χ4n) is 2.86. The summed E-state index contributed by atoms with van der Waals surface area (Å²) in [5.41, 5.74) is 0.783. The topological polar surface area (TPSA) is 36.4 Å². The zero-order valence-corrected chi connectivity index (χ0v) is 18.1. The summed E-state index contributed by atoms with van der Waals surface area (Å²) in [4.78, 5) is 21.4. The normalized spacial score (nSPS) is 10.9. The van der Waals surface area contributed by atoms with E-state index < -0.39 is 0 Å². The first kappa shape index (κ1) is 22.6. The van der Waals surface area contributed by atoms with Crippen LogP contribution in [-0.4, -0.2) is 42.0 Å². The van der Waals surface area contributed by atoms with Gasteiger partial charge in [-0.1, -0.05) is 48.9 Å². The predicted molar refractivity (Wildman–Crippen MR) is 118 cm³/mol. The van der Waals surface area contributed by atoms with Gasteiger partial charge in [0.2, 0.25) is 0 Å². The highest BCUT2D eigenvalue weighted by molar-refractivity contribution is 7.22. The largest absolute Gasteiger partial charge is 0.302 e. The highest BCUT2D eigenvalue weighted by Gasteiger charge is 2.22. The van der Waals surface area contributed by atoms with Crippen LogP contribution in [0, 0.1) is 5.82 Å². The lowest BCUT2D eigenvalue weighted by molar-refractivity contribution is 0.0983. The van der Waals surface area contributed by atoms with Crippen molar-refractivity contribution in [3.05, 3.63) is 58.9 Å². The quantitative estimate of drug-likeness (QED) is 0.485. The van der Waals surface area contributed by atoms with E-state index in [0.717, 1.165) is 17.8 Å². The standard InChI is InChI=1S/C20H21ClFN3OS.ClH/c1-3-24(4-2)11-12-25(19(26)14-7-5-8-15(21)13-14)20-23-18-16(22)9-6-10-17(18)27-20;/h5-10,13H,3-4,11-12H2,1-2H3;1H. The molecular weight excluding hydrogens is 420 g/mol. The number of amides is 1. The minimum atomic E-state index is -0.381. The molecule has 150 valence electrons. The molecule has 0 atom stereocenters. The zero-order valence-electron chi connectivity index (χ0n) is 15.7. The van der Waals surface area contributed by atoms with Crippen molar-refractivity contribution in [2.45, 2.75) is 13.8 Å². The van der Waals surface area contributed by atoms with E-state index in [1.165, 1.54) is 17.4 Å². The summed E-state index contributed by atoms with van der Waals surface area (Å²) >= 11 is 7.37. The third kappa shape index (κ3) is 5.00. The Morgan fingerprint density at radius 2 is 1.86 bits per heavy atom. The second kappa shape index (κ2) is 10.2. The molecular formula is C20H22Cl2FN3OS. The Labute approximate surface area is 179 Å². The summed E-state index contributed by atoms with van der Waals surface area (Å²) in [7, 11) is 0. The summed E-state index contributed by atoms with van der Waals surface area (Å²) in [6.45, 7) is 7.12. The molecule has 0 saturated heterocycles. The van der Waals surface area contributed by atoms with Crippen LogP contribution in [0.3, 0.4) is 0 Å². The maximum absolute atomic E-state index is 14.1. The van der Waals surface area contributed by atoms with E-state index in [2.05, 4.69) is 23.7 Å². The molecule has 0 aliphatic carbocycles. The van der Waals surface area contributed by atoms with Gasteiger partial charge in [0.05, 0.1) is 4.70 Å². The molecule has 3 aromatic rings. The molecule has 1 aromatic heterocycles. The Kier molecular flexibility index (Phi) is 8.19. The number of thiazole rings is 1. The van der Waals surface area contributed by atoms with Gasteiger partial charge in [-0.3, -0.25) is 9.69 Å². The van der Waals surface area contributed by atoms with Crippen molar-refractivity contribution in [1.82, 2.24) is 9.88 Å². The van der Waals surface area contributed by atoms with Crippen molar-refractivity contribution in [2.24, 2.45) is 0 Å². The number of halogens is 3. The van der Waals surface area contributed by atoms with Crippen molar-refractivity contribution in [3.8, 4) is 0 Å². The second-order valence-corrected chi connectivity index (χ2v) is 7.52. The third-order valence-electron chi connectivity index (χ3n) is 4.44. The lowest BCUT2D eigenvalue weighted by atomic mass is 10.2. The molecule has 0 aliphatic rings. The number of fused-ring (bicyclic) bond motifs is 1. The predicted octanol–water partition coefficient (Wildman–Crippen LogP) is 5.50. The van der Waals surface area contributed by atoms with Crippen LogP contribution in [0.5, 0.6) is 0 Å². The number of carbonyl (C=O) groups excluding carboxylic acids is 1. The monoisotopic (exact) mass is 441 g/mol. The first-order valence-corrected chi connectivity index (χ1v) is 10.1. The molecule has 0 saturated carbocycles. The van der Waals surface area contributed by atoms with E-state index in [1.807, 2.05) is 6.07 Å². The van der Waals surface area contributed by atoms with Crippen LogP contribution in [0.25, 0.3) is 10.2 Å². The Hall–Kier alpha value is -1.73. The summed E-state index contributed by atoms with van der Waals surface area (Å²) in [5, 5.41) is 0.993. The van der Waals surface area contributed by atoms with E-state index >= 15 is 0 Å². The van der Waals surface area contributed by atoms with E-state index in [-0.39, 0.29) is 24.1 Å². The van der Waals surface area contributed by atoms with Gasteiger partial charge in [0, 0.05) is 23.7 Å². The zero-order chi connectivity index (χ0) is 19.4. The number of aromatic nitrogens is 1. The van der Waals surface area contributed by atoms with Gasteiger partial charge in [-0.15, -0.1) is 12.4 Å². The minimum absolute atomic E-state index is 0. The van der Waals surface area contributed by atoms with Gasteiger partial charge in [0.25, 0.3) is 5.91 Å².